The smallest absolute Gasteiger partial charge is 0.252 e. The number of carbonyl (C=O) groups is 1. The van der Waals surface area contributed by atoms with Crippen molar-refractivity contribution in [3.63, 3.8) is 0 Å². The number of nitrogens with one attached hydrogen (secondary N) is 1. The zero-order valence-corrected chi connectivity index (χ0v) is 10.1. The highest BCUT2D eigenvalue weighted by Crippen LogP contribution is 2.19. The monoisotopic (exact) mass is 339 g/mol. The molecule has 2 nitrogen and oxygen atoms in total. The molecule has 0 aromatic heterocycles. The van der Waals surface area contributed by atoms with Crippen molar-refractivity contribution in [2.24, 2.45) is 0 Å². The number of rotatable bonds is 1. The van der Waals surface area contributed by atoms with Crippen LogP contribution in [0.5, 0.6) is 0 Å². The molecule has 0 heterocycles. The van der Waals surface area contributed by atoms with Crippen LogP contribution in [0.25, 0.3) is 0 Å². The number of carbonyl (C=O) groups excluding carboxylic acids is 1. The second kappa shape index (κ2) is 4.23. The van der Waals surface area contributed by atoms with Crippen LogP contribution in [0.4, 0.5) is 0 Å². The summed E-state index contributed by atoms with van der Waals surface area (Å²) in [4.78, 5) is 11.2. The molecule has 0 aliphatic rings. The molecule has 1 amide bonds. The number of hydrogen-bond donors (Lipinski definition) is 1. The lowest BCUT2D eigenvalue weighted by Crippen LogP contribution is -2.18. The molecule has 64 valence electrons. The van der Waals surface area contributed by atoms with Gasteiger partial charge in [-0.15, -0.1) is 0 Å². The summed E-state index contributed by atoms with van der Waals surface area (Å²) in [5.41, 5.74) is 0.665. The van der Waals surface area contributed by atoms with Gasteiger partial charge in [0.1, 0.15) is 0 Å². The van der Waals surface area contributed by atoms with E-state index in [1.165, 1.54) is 0 Å². The van der Waals surface area contributed by atoms with E-state index < -0.39 is 0 Å². The molecular weight excluding hydrogens is 333 g/mol. The average Bonchev–Trinajstić information content (AvgIpc) is 2.03. The van der Waals surface area contributed by atoms with Gasteiger partial charge in [0.05, 0.1) is 5.56 Å². The fourth-order valence-electron chi connectivity index (χ4n) is 0.808. The van der Waals surface area contributed by atoms with Crippen molar-refractivity contribution in [3.8, 4) is 0 Å². The average molecular weight is 340 g/mol. The molecule has 0 fully saturated rings. The summed E-state index contributed by atoms with van der Waals surface area (Å²) in [6, 6.07) is 5.60. The Kier molecular flexibility index (Phi) is 3.52. The number of amides is 1. The third kappa shape index (κ3) is 2.20. The molecule has 4 heteroatoms. The van der Waals surface area contributed by atoms with Crippen LogP contribution < -0.4 is 5.32 Å². The van der Waals surface area contributed by atoms with Gasteiger partial charge in [0, 0.05) is 15.1 Å². The van der Waals surface area contributed by atoms with Crippen LogP contribution in [-0.2, 0) is 0 Å². The van der Waals surface area contributed by atoms with Crippen LogP contribution in [0.3, 0.4) is 0 Å². The Morgan fingerprint density at radius 3 is 2.75 bits per heavy atom. The lowest BCUT2D eigenvalue weighted by Gasteiger charge is -2.02. The van der Waals surface area contributed by atoms with Gasteiger partial charge in [0.2, 0.25) is 0 Å². The third-order valence-electron chi connectivity index (χ3n) is 1.40. The lowest BCUT2D eigenvalue weighted by atomic mass is 10.2. The van der Waals surface area contributed by atoms with Crippen molar-refractivity contribution in [3.05, 3.63) is 31.8 Å². The summed E-state index contributed by atoms with van der Waals surface area (Å²) in [5, 5.41) is 2.57. The van der Waals surface area contributed by atoms with Gasteiger partial charge in [0.25, 0.3) is 5.91 Å². The minimum atomic E-state index is -0.0710. The minimum absolute atomic E-state index is 0.0710. The predicted octanol–water partition coefficient (Wildman–Crippen LogP) is 2.41. The molecule has 0 bridgehead atoms. The van der Waals surface area contributed by atoms with E-state index in [2.05, 4.69) is 43.8 Å². The first-order valence-corrected chi connectivity index (χ1v) is 5.19. The van der Waals surface area contributed by atoms with E-state index in [9.17, 15) is 4.79 Å². The normalized spacial score (nSPS) is 9.58. The van der Waals surface area contributed by atoms with Crippen molar-refractivity contribution in [2.75, 3.05) is 7.05 Å². The molecular formula is C8H7BrINO. The molecule has 0 aliphatic carbocycles. The first-order chi connectivity index (χ1) is 5.65. The topological polar surface area (TPSA) is 29.1 Å². The van der Waals surface area contributed by atoms with Crippen LogP contribution >= 0.6 is 38.5 Å². The molecule has 0 spiro atoms. The van der Waals surface area contributed by atoms with Gasteiger partial charge < -0.3 is 5.32 Å². The maximum atomic E-state index is 11.2. The quantitative estimate of drug-likeness (QED) is 0.782. The van der Waals surface area contributed by atoms with E-state index in [4.69, 9.17) is 0 Å². The highest BCUT2D eigenvalue weighted by atomic mass is 127. The van der Waals surface area contributed by atoms with E-state index in [1.54, 1.807) is 13.1 Å². The minimum Gasteiger partial charge on any atom is -0.355 e. The third-order valence-corrected chi connectivity index (χ3v) is 2.73. The second-order valence-corrected chi connectivity index (χ2v) is 4.30. The Labute approximate surface area is 93.0 Å². The molecule has 0 radical (unpaired) electrons. The largest absolute Gasteiger partial charge is 0.355 e. The maximum Gasteiger partial charge on any atom is 0.252 e. The molecule has 1 N–H and O–H groups in total. The molecule has 0 atom stereocenters. The highest BCUT2D eigenvalue weighted by molar-refractivity contribution is 14.1. The van der Waals surface area contributed by atoms with Crippen LogP contribution in [0.15, 0.2) is 22.7 Å². The first-order valence-electron chi connectivity index (χ1n) is 3.32. The Balaban J connectivity index is 3.09. The summed E-state index contributed by atoms with van der Waals surface area (Å²) < 4.78 is 1.93. The first kappa shape index (κ1) is 9.98. The van der Waals surface area contributed by atoms with Crippen LogP contribution in [0, 0.1) is 3.57 Å². The molecule has 0 unspecified atom stereocenters. The van der Waals surface area contributed by atoms with E-state index in [0.717, 1.165) is 8.04 Å². The van der Waals surface area contributed by atoms with E-state index in [1.807, 2.05) is 12.1 Å². The lowest BCUT2D eigenvalue weighted by molar-refractivity contribution is 0.0962. The van der Waals surface area contributed by atoms with Crippen molar-refractivity contribution >= 4 is 44.4 Å². The van der Waals surface area contributed by atoms with Crippen LogP contribution in [0.1, 0.15) is 10.4 Å². The molecule has 0 saturated carbocycles. The molecule has 12 heavy (non-hydrogen) atoms. The van der Waals surface area contributed by atoms with Gasteiger partial charge in [-0.25, -0.2) is 0 Å². The summed E-state index contributed by atoms with van der Waals surface area (Å²) in [5.74, 6) is -0.0710. The van der Waals surface area contributed by atoms with Crippen molar-refractivity contribution in [1.29, 1.82) is 0 Å². The molecule has 1 aromatic rings. The molecule has 0 saturated heterocycles. The van der Waals surface area contributed by atoms with Crippen LogP contribution in [-0.4, -0.2) is 13.0 Å². The standard InChI is InChI=1S/C8H7BrINO/c1-11-8(12)6-3-2-5(10)4-7(6)9/h2-4H,1H3,(H,11,12). The van der Waals surface area contributed by atoms with Gasteiger partial charge in [-0.05, 0) is 56.7 Å². The Morgan fingerprint density at radius 2 is 2.25 bits per heavy atom. The van der Waals surface area contributed by atoms with Gasteiger partial charge in [-0.1, -0.05) is 0 Å². The van der Waals surface area contributed by atoms with Crippen molar-refractivity contribution in [1.82, 2.24) is 5.32 Å². The number of benzene rings is 1. The summed E-state index contributed by atoms with van der Waals surface area (Å²) in [6.45, 7) is 0. The molecule has 1 rings (SSSR count). The molecule has 0 aliphatic heterocycles. The zero-order valence-electron chi connectivity index (χ0n) is 6.40. The maximum absolute atomic E-state index is 11.2. The van der Waals surface area contributed by atoms with E-state index in [0.29, 0.717) is 5.56 Å². The predicted molar refractivity (Wildman–Crippen MR) is 60.2 cm³/mol. The van der Waals surface area contributed by atoms with Crippen molar-refractivity contribution in [2.45, 2.75) is 0 Å². The Bertz CT molecular complexity index is 314. The second-order valence-electron chi connectivity index (χ2n) is 2.20. The van der Waals surface area contributed by atoms with Crippen LogP contribution in [0.2, 0.25) is 0 Å². The summed E-state index contributed by atoms with van der Waals surface area (Å²) >= 11 is 5.52. The molecule has 1 aromatic carbocycles. The summed E-state index contributed by atoms with van der Waals surface area (Å²) in [6.07, 6.45) is 0. The van der Waals surface area contributed by atoms with Crippen molar-refractivity contribution < 1.29 is 4.79 Å². The SMILES string of the molecule is CNC(=O)c1ccc(I)cc1Br. The zero-order chi connectivity index (χ0) is 9.14. The van der Waals surface area contributed by atoms with E-state index >= 15 is 0 Å². The summed E-state index contributed by atoms with van der Waals surface area (Å²) in [7, 11) is 1.62. The fourth-order valence-corrected chi connectivity index (χ4v) is 2.29. The van der Waals surface area contributed by atoms with Gasteiger partial charge in [0.15, 0.2) is 0 Å². The Morgan fingerprint density at radius 1 is 1.58 bits per heavy atom. The Hall–Kier alpha value is -0.100. The fraction of sp³-hybridized carbons (Fsp3) is 0.125. The number of halogens is 2. The highest BCUT2D eigenvalue weighted by Gasteiger charge is 2.06. The van der Waals surface area contributed by atoms with E-state index in [-0.39, 0.29) is 5.91 Å². The van der Waals surface area contributed by atoms with Gasteiger partial charge >= 0.3 is 0 Å². The van der Waals surface area contributed by atoms with Gasteiger partial charge in [-0.2, -0.15) is 0 Å². The number of hydrogen-bond acceptors (Lipinski definition) is 1. The van der Waals surface area contributed by atoms with Gasteiger partial charge in [-0.3, -0.25) is 4.79 Å².